The van der Waals surface area contributed by atoms with Crippen LogP contribution in [0.15, 0.2) is 42.5 Å². The second-order valence-electron chi connectivity index (χ2n) is 7.32. The molecule has 0 spiro atoms. The number of amides is 1. The van der Waals surface area contributed by atoms with Crippen LogP contribution in [0, 0.1) is 6.92 Å². The van der Waals surface area contributed by atoms with Crippen molar-refractivity contribution in [2.75, 3.05) is 18.0 Å². The number of rotatable bonds is 4. The number of carbonyl (C=O) groups is 1. The van der Waals surface area contributed by atoms with Gasteiger partial charge in [0.05, 0.1) is 6.04 Å². The molecule has 26 heavy (non-hydrogen) atoms. The van der Waals surface area contributed by atoms with Crippen molar-refractivity contribution in [3.8, 4) is 5.75 Å². The minimum Gasteiger partial charge on any atom is -0.508 e. The fourth-order valence-electron chi connectivity index (χ4n) is 3.75. The highest BCUT2D eigenvalue weighted by atomic mass is 16.3. The van der Waals surface area contributed by atoms with E-state index in [2.05, 4.69) is 40.5 Å². The smallest absolute Gasteiger partial charge is 0.217 e. The highest BCUT2D eigenvalue weighted by Crippen LogP contribution is 2.32. The lowest BCUT2D eigenvalue weighted by Gasteiger charge is -2.34. The van der Waals surface area contributed by atoms with Crippen molar-refractivity contribution in [3.05, 3.63) is 59.2 Å². The summed E-state index contributed by atoms with van der Waals surface area (Å²) in [6, 6.07) is 14.6. The summed E-state index contributed by atoms with van der Waals surface area (Å²) in [5.41, 5.74) is 4.64. The van der Waals surface area contributed by atoms with Gasteiger partial charge in [-0.15, -0.1) is 0 Å². The summed E-state index contributed by atoms with van der Waals surface area (Å²) >= 11 is 0. The summed E-state index contributed by atoms with van der Waals surface area (Å²) in [5, 5.41) is 12.6. The minimum absolute atomic E-state index is 0.00147. The molecule has 0 unspecified atom stereocenters. The first-order chi connectivity index (χ1) is 12.4. The molecule has 0 radical (unpaired) electrons. The van der Waals surface area contributed by atoms with E-state index in [4.69, 9.17) is 0 Å². The molecule has 1 aliphatic rings. The quantitative estimate of drug-likeness (QED) is 0.863. The van der Waals surface area contributed by atoms with E-state index >= 15 is 0 Å². The number of phenols is 1. The van der Waals surface area contributed by atoms with Gasteiger partial charge in [0.25, 0.3) is 0 Å². The Morgan fingerprint density at radius 3 is 2.38 bits per heavy atom. The Morgan fingerprint density at radius 1 is 1.15 bits per heavy atom. The molecular weight excluding hydrogens is 324 g/mol. The van der Waals surface area contributed by atoms with Crippen LogP contribution < -0.4 is 10.2 Å². The second kappa shape index (κ2) is 7.81. The van der Waals surface area contributed by atoms with Gasteiger partial charge in [-0.3, -0.25) is 4.79 Å². The molecule has 4 nitrogen and oxygen atoms in total. The zero-order valence-corrected chi connectivity index (χ0v) is 15.8. The fraction of sp³-hybridized carbons (Fsp3) is 0.409. The molecule has 0 aliphatic carbocycles. The third kappa shape index (κ3) is 4.18. The predicted octanol–water partition coefficient (Wildman–Crippen LogP) is 4.28. The lowest BCUT2D eigenvalue weighted by atomic mass is 9.88. The molecule has 1 fully saturated rings. The number of benzene rings is 2. The number of aromatic hydroxyl groups is 1. The molecule has 2 N–H and O–H groups in total. The number of carbonyl (C=O) groups excluding carboxylic acids is 1. The summed E-state index contributed by atoms with van der Waals surface area (Å²) in [5.74, 6) is 0.935. The topological polar surface area (TPSA) is 52.6 Å². The Balaban J connectivity index is 1.61. The molecule has 0 bridgehead atoms. The molecule has 4 heteroatoms. The van der Waals surface area contributed by atoms with Gasteiger partial charge in [-0.1, -0.05) is 24.3 Å². The summed E-state index contributed by atoms with van der Waals surface area (Å²) < 4.78 is 0. The monoisotopic (exact) mass is 352 g/mol. The molecule has 1 saturated heterocycles. The van der Waals surface area contributed by atoms with E-state index < -0.39 is 0 Å². The van der Waals surface area contributed by atoms with Gasteiger partial charge in [-0.05, 0) is 67.5 Å². The van der Waals surface area contributed by atoms with Crippen LogP contribution in [0.25, 0.3) is 0 Å². The Labute approximate surface area is 155 Å². The Morgan fingerprint density at radius 2 is 1.81 bits per heavy atom. The zero-order valence-electron chi connectivity index (χ0n) is 15.8. The molecule has 2 aromatic carbocycles. The van der Waals surface area contributed by atoms with Gasteiger partial charge in [0.1, 0.15) is 5.75 Å². The van der Waals surface area contributed by atoms with Crippen molar-refractivity contribution in [1.29, 1.82) is 0 Å². The lowest BCUT2D eigenvalue weighted by Crippen LogP contribution is -2.32. The zero-order chi connectivity index (χ0) is 18.7. The Kier molecular flexibility index (Phi) is 5.50. The van der Waals surface area contributed by atoms with Crippen molar-refractivity contribution in [2.45, 2.75) is 45.6 Å². The fourth-order valence-corrected chi connectivity index (χ4v) is 3.75. The van der Waals surface area contributed by atoms with Crippen LogP contribution in [0.5, 0.6) is 5.75 Å². The first kappa shape index (κ1) is 18.3. The molecule has 0 saturated carbocycles. The van der Waals surface area contributed by atoms with Crippen LogP contribution in [0.2, 0.25) is 0 Å². The normalized spacial score (nSPS) is 16.3. The number of nitrogens with one attached hydrogen (secondary N) is 1. The van der Waals surface area contributed by atoms with Crippen molar-refractivity contribution in [3.63, 3.8) is 0 Å². The van der Waals surface area contributed by atoms with Gasteiger partial charge in [0, 0.05) is 25.7 Å². The molecular formula is C22H28N2O2. The lowest BCUT2D eigenvalue weighted by molar-refractivity contribution is -0.119. The number of hydrogen-bond donors (Lipinski definition) is 2. The average Bonchev–Trinajstić information content (AvgIpc) is 2.64. The van der Waals surface area contributed by atoms with Crippen LogP contribution in [0.1, 0.15) is 55.3 Å². The number of piperidine rings is 1. The predicted molar refractivity (Wildman–Crippen MR) is 106 cm³/mol. The van der Waals surface area contributed by atoms with Gasteiger partial charge in [-0.25, -0.2) is 0 Å². The molecule has 2 aromatic rings. The molecule has 1 atom stereocenters. The van der Waals surface area contributed by atoms with E-state index in [1.165, 1.54) is 11.3 Å². The van der Waals surface area contributed by atoms with Crippen LogP contribution in [0.4, 0.5) is 5.69 Å². The largest absolute Gasteiger partial charge is 0.508 e. The van der Waals surface area contributed by atoms with Crippen molar-refractivity contribution in [1.82, 2.24) is 5.32 Å². The first-order valence-corrected chi connectivity index (χ1v) is 9.35. The molecule has 1 aliphatic heterocycles. The highest BCUT2D eigenvalue weighted by Gasteiger charge is 2.21. The maximum Gasteiger partial charge on any atom is 0.217 e. The average molecular weight is 352 g/mol. The van der Waals surface area contributed by atoms with E-state index in [-0.39, 0.29) is 11.9 Å². The first-order valence-electron chi connectivity index (χ1n) is 9.35. The molecule has 3 rings (SSSR count). The van der Waals surface area contributed by atoms with Crippen LogP contribution in [-0.4, -0.2) is 24.1 Å². The van der Waals surface area contributed by atoms with Crippen LogP contribution in [-0.2, 0) is 4.79 Å². The third-order valence-electron chi connectivity index (χ3n) is 5.37. The van der Waals surface area contributed by atoms with Crippen molar-refractivity contribution in [2.24, 2.45) is 0 Å². The number of aryl methyl sites for hydroxylation is 1. The van der Waals surface area contributed by atoms with Gasteiger partial charge in [0.15, 0.2) is 0 Å². The Hall–Kier alpha value is -2.49. The van der Waals surface area contributed by atoms with E-state index in [0.717, 1.165) is 37.1 Å². The van der Waals surface area contributed by atoms with E-state index in [9.17, 15) is 9.90 Å². The molecule has 138 valence electrons. The van der Waals surface area contributed by atoms with Gasteiger partial charge >= 0.3 is 0 Å². The SMILES string of the molecule is CC(=O)N[C@@H](C)c1ccc(C2CCN(c3ccc(O)c(C)c3)CC2)cc1. The number of nitrogens with zero attached hydrogens (tertiary/aromatic N) is 1. The van der Waals surface area contributed by atoms with E-state index in [1.807, 2.05) is 19.9 Å². The number of hydrogen-bond acceptors (Lipinski definition) is 3. The van der Waals surface area contributed by atoms with Gasteiger partial charge in [-0.2, -0.15) is 0 Å². The summed E-state index contributed by atoms with van der Waals surface area (Å²) in [6.07, 6.45) is 2.25. The maximum absolute atomic E-state index is 11.2. The van der Waals surface area contributed by atoms with Gasteiger partial charge in [0.2, 0.25) is 5.91 Å². The number of anilines is 1. The van der Waals surface area contributed by atoms with Crippen molar-refractivity contribution < 1.29 is 9.90 Å². The standard InChI is InChI=1S/C22H28N2O2/c1-15-14-21(8-9-22(15)26)24-12-10-20(11-13-24)19-6-4-18(5-7-19)16(2)23-17(3)25/h4-9,14,16,20,26H,10-13H2,1-3H3,(H,23,25)/t16-/m0/s1. The number of phenolic OH excluding ortho intramolecular Hbond substituents is 1. The third-order valence-corrected chi connectivity index (χ3v) is 5.37. The molecule has 1 heterocycles. The van der Waals surface area contributed by atoms with Crippen LogP contribution in [0.3, 0.4) is 0 Å². The van der Waals surface area contributed by atoms with E-state index in [1.54, 1.807) is 13.0 Å². The van der Waals surface area contributed by atoms with E-state index in [0.29, 0.717) is 11.7 Å². The summed E-state index contributed by atoms with van der Waals surface area (Å²) in [6.45, 7) is 7.55. The van der Waals surface area contributed by atoms with Crippen LogP contribution >= 0.6 is 0 Å². The summed E-state index contributed by atoms with van der Waals surface area (Å²) in [4.78, 5) is 13.6. The van der Waals surface area contributed by atoms with Crippen molar-refractivity contribution >= 4 is 11.6 Å². The maximum atomic E-state index is 11.2. The van der Waals surface area contributed by atoms with Gasteiger partial charge < -0.3 is 15.3 Å². The second-order valence-corrected chi connectivity index (χ2v) is 7.32. The molecule has 1 amide bonds. The molecule has 0 aromatic heterocycles. The highest BCUT2D eigenvalue weighted by molar-refractivity contribution is 5.73. The minimum atomic E-state index is -0.00147. The Bertz CT molecular complexity index is 762. The summed E-state index contributed by atoms with van der Waals surface area (Å²) in [7, 11) is 0.